The van der Waals surface area contributed by atoms with Crippen molar-refractivity contribution in [1.82, 2.24) is 19.9 Å². The number of anilines is 1. The number of methoxy groups -OCH3 is 1. The van der Waals surface area contributed by atoms with Crippen LogP contribution in [0.5, 0.6) is 5.75 Å². The molecule has 0 bridgehead atoms. The lowest BCUT2D eigenvalue weighted by molar-refractivity contribution is 0.414. The second-order valence-corrected chi connectivity index (χ2v) is 6.19. The van der Waals surface area contributed by atoms with Crippen LogP contribution in [-0.2, 0) is 0 Å². The first-order chi connectivity index (χ1) is 12.5. The van der Waals surface area contributed by atoms with E-state index in [-0.39, 0.29) is 6.04 Å². The highest BCUT2D eigenvalue weighted by molar-refractivity contribution is 6.32. The van der Waals surface area contributed by atoms with Crippen LogP contribution in [0.1, 0.15) is 18.5 Å². The molecule has 0 aliphatic heterocycles. The fourth-order valence-corrected chi connectivity index (χ4v) is 2.41. The highest BCUT2D eigenvalue weighted by atomic mass is 35.5. The minimum Gasteiger partial charge on any atom is -0.497 e. The number of rotatable bonds is 4. The van der Waals surface area contributed by atoms with Gasteiger partial charge in [-0.15, -0.1) is 0 Å². The summed E-state index contributed by atoms with van der Waals surface area (Å²) in [4.78, 5) is 15.4. The fourth-order valence-electron chi connectivity index (χ4n) is 1.93. The van der Waals surface area contributed by atoms with Crippen LogP contribution in [0.4, 0.5) is 5.82 Å². The minimum absolute atomic E-state index is 0.115. The van der Waals surface area contributed by atoms with Crippen LogP contribution in [0.2, 0.25) is 15.5 Å². The predicted octanol–water partition coefficient (Wildman–Crippen LogP) is 5.10. The quantitative estimate of drug-likeness (QED) is 0.643. The topological polar surface area (TPSA) is 72.8 Å². The van der Waals surface area contributed by atoms with Crippen molar-refractivity contribution >= 4 is 40.6 Å². The van der Waals surface area contributed by atoms with E-state index in [1.807, 2.05) is 31.2 Å². The van der Waals surface area contributed by atoms with Gasteiger partial charge in [-0.1, -0.05) is 46.9 Å². The Kier molecular flexibility index (Phi) is 7.84. The minimum atomic E-state index is 0.115. The average molecular weight is 413 g/mol. The van der Waals surface area contributed by atoms with Gasteiger partial charge in [0.05, 0.1) is 31.9 Å². The van der Waals surface area contributed by atoms with Crippen molar-refractivity contribution in [3.63, 3.8) is 0 Å². The largest absolute Gasteiger partial charge is 0.497 e. The summed E-state index contributed by atoms with van der Waals surface area (Å²) in [6, 6.07) is 7.99. The van der Waals surface area contributed by atoms with E-state index in [2.05, 4.69) is 25.3 Å². The van der Waals surface area contributed by atoms with Gasteiger partial charge in [-0.25, -0.2) is 9.97 Å². The molecular weight excluding hydrogens is 397 g/mol. The number of halogens is 3. The molecule has 9 heteroatoms. The molecule has 1 atom stereocenters. The first-order valence-electron chi connectivity index (χ1n) is 7.49. The Balaban J connectivity index is 0.000000254. The lowest BCUT2D eigenvalue weighted by Gasteiger charge is -2.15. The molecule has 136 valence electrons. The van der Waals surface area contributed by atoms with Crippen LogP contribution < -0.4 is 10.1 Å². The number of aromatic nitrogens is 4. The van der Waals surface area contributed by atoms with Gasteiger partial charge in [-0.05, 0) is 24.6 Å². The summed E-state index contributed by atoms with van der Waals surface area (Å²) in [6.45, 7) is 2.05. The molecule has 0 unspecified atom stereocenters. The van der Waals surface area contributed by atoms with Gasteiger partial charge in [0.25, 0.3) is 0 Å². The smallest absolute Gasteiger partial charge is 0.149 e. The van der Waals surface area contributed by atoms with E-state index < -0.39 is 0 Å². The van der Waals surface area contributed by atoms with Crippen molar-refractivity contribution in [3.05, 3.63) is 70.1 Å². The lowest BCUT2D eigenvalue weighted by atomic mass is 10.1. The van der Waals surface area contributed by atoms with Crippen LogP contribution >= 0.6 is 34.8 Å². The molecule has 3 rings (SSSR count). The zero-order valence-electron chi connectivity index (χ0n) is 14.0. The zero-order chi connectivity index (χ0) is 18.9. The number of ether oxygens (including phenoxy) is 1. The molecule has 0 saturated heterocycles. The van der Waals surface area contributed by atoms with E-state index >= 15 is 0 Å². The summed E-state index contributed by atoms with van der Waals surface area (Å²) in [5.41, 5.74) is 1.14. The van der Waals surface area contributed by atoms with Gasteiger partial charge in [-0.3, -0.25) is 9.97 Å². The number of nitrogens with one attached hydrogen (secondary N) is 1. The molecule has 3 aromatic rings. The number of benzene rings is 1. The molecule has 0 saturated carbocycles. The molecule has 1 aromatic carbocycles. The van der Waals surface area contributed by atoms with Crippen LogP contribution in [-0.4, -0.2) is 27.0 Å². The van der Waals surface area contributed by atoms with Crippen molar-refractivity contribution in [1.29, 1.82) is 0 Å². The maximum Gasteiger partial charge on any atom is 0.149 e. The van der Waals surface area contributed by atoms with Gasteiger partial charge in [0.1, 0.15) is 27.0 Å². The molecule has 2 aromatic heterocycles. The fraction of sp³-hybridized carbons (Fsp3) is 0.176. The monoisotopic (exact) mass is 411 g/mol. The van der Waals surface area contributed by atoms with E-state index in [0.717, 1.165) is 11.3 Å². The van der Waals surface area contributed by atoms with Crippen LogP contribution in [0.25, 0.3) is 0 Å². The molecule has 1 N–H and O–H groups in total. The van der Waals surface area contributed by atoms with Gasteiger partial charge >= 0.3 is 0 Å². The van der Waals surface area contributed by atoms with E-state index in [0.29, 0.717) is 21.3 Å². The summed E-state index contributed by atoms with van der Waals surface area (Å²) >= 11 is 16.6. The molecule has 0 spiro atoms. The number of hydrogen-bond acceptors (Lipinski definition) is 6. The van der Waals surface area contributed by atoms with Crippen molar-refractivity contribution in [3.8, 4) is 5.75 Å². The van der Waals surface area contributed by atoms with Crippen LogP contribution in [0, 0.1) is 0 Å². The van der Waals surface area contributed by atoms with Crippen LogP contribution in [0.3, 0.4) is 0 Å². The molecule has 0 aliphatic carbocycles. The molecular formula is C17H16Cl3N5O. The van der Waals surface area contributed by atoms with Gasteiger partial charge < -0.3 is 10.1 Å². The molecule has 2 heterocycles. The van der Waals surface area contributed by atoms with Crippen molar-refractivity contribution in [2.75, 3.05) is 12.4 Å². The van der Waals surface area contributed by atoms with Gasteiger partial charge in [0.15, 0.2) is 0 Å². The third kappa shape index (κ3) is 6.63. The normalized spacial score (nSPS) is 11.1. The lowest BCUT2D eigenvalue weighted by Crippen LogP contribution is -2.08. The Labute approximate surface area is 166 Å². The predicted molar refractivity (Wildman–Crippen MR) is 104 cm³/mol. The Morgan fingerprint density at radius 1 is 0.846 bits per heavy atom. The van der Waals surface area contributed by atoms with E-state index in [4.69, 9.17) is 39.5 Å². The molecule has 6 nitrogen and oxygen atoms in total. The van der Waals surface area contributed by atoms with Gasteiger partial charge in [0.2, 0.25) is 0 Å². The van der Waals surface area contributed by atoms with E-state index in [9.17, 15) is 0 Å². The van der Waals surface area contributed by atoms with Crippen LogP contribution in [0.15, 0.2) is 49.1 Å². The third-order valence-corrected chi connectivity index (χ3v) is 3.71. The van der Waals surface area contributed by atoms with Crippen molar-refractivity contribution in [2.24, 2.45) is 0 Å². The second kappa shape index (κ2) is 10.1. The highest BCUT2D eigenvalue weighted by Gasteiger charge is 2.06. The summed E-state index contributed by atoms with van der Waals surface area (Å²) in [5, 5.41) is 4.25. The number of nitrogens with zero attached hydrogens (tertiary/aromatic N) is 4. The summed E-state index contributed by atoms with van der Waals surface area (Å²) in [6.07, 6.45) is 6.00. The SMILES string of the molecule is COc1ccc([C@H](C)Nc2cncc(Cl)n2)cc1.Clc1cncc(Cl)n1. The maximum atomic E-state index is 5.78. The summed E-state index contributed by atoms with van der Waals surface area (Å²) in [5.74, 6) is 1.50. The molecule has 26 heavy (non-hydrogen) atoms. The van der Waals surface area contributed by atoms with E-state index in [1.165, 1.54) is 18.6 Å². The Morgan fingerprint density at radius 3 is 1.85 bits per heavy atom. The standard InChI is InChI=1S/C13H14ClN3O.C4H2Cl2N2/c1-9(10-3-5-11(18-2)6-4-10)16-13-8-15-7-12(14)17-13;5-3-1-7-2-4(6)8-3/h3-9H,1-2H3,(H,16,17);1-2H/t9-;/m0./s1. The summed E-state index contributed by atoms with van der Waals surface area (Å²) in [7, 11) is 1.65. The molecule has 0 radical (unpaired) electrons. The molecule has 0 aliphatic rings. The zero-order valence-corrected chi connectivity index (χ0v) is 16.3. The van der Waals surface area contributed by atoms with Crippen molar-refractivity contribution < 1.29 is 4.74 Å². The first-order valence-corrected chi connectivity index (χ1v) is 8.62. The van der Waals surface area contributed by atoms with E-state index in [1.54, 1.807) is 13.3 Å². The highest BCUT2D eigenvalue weighted by Crippen LogP contribution is 2.20. The van der Waals surface area contributed by atoms with Gasteiger partial charge in [-0.2, -0.15) is 0 Å². The van der Waals surface area contributed by atoms with Gasteiger partial charge in [0, 0.05) is 6.04 Å². The third-order valence-electron chi connectivity index (χ3n) is 3.16. The average Bonchev–Trinajstić information content (AvgIpc) is 2.62. The summed E-state index contributed by atoms with van der Waals surface area (Å²) < 4.78 is 5.12. The Bertz CT molecular complexity index is 815. The first kappa shape index (κ1) is 20.2. The number of hydrogen-bond donors (Lipinski definition) is 1. The Morgan fingerprint density at radius 2 is 1.38 bits per heavy atom. The Hall–Kier alpha value is -2.15. The molecule has 0 fully saturated rings. The second-order valence-electron chi connectivity index (χ2n) is 5.03. The molecule has 0 amide bonds. The van der Waals surface area contributed by atoms with Crippen molar-refractivity contribution in [2.45, 2.75) is 13.0 Å². The maximum absolute atomic E-state index is 5.78.